The van der Waals surface area contributed by atoms with Crippen molar-refractivity contribution in [3.8, 4) is 27.5 Å². The standard InChI is InChI=1S/C30H24F2N4O3S2.H2O/c1-16-2-4-17(5-3-16)22-13-20(9-11-24(22)31)27-23(12-19-8-10-21(41(33)39)14-25(19)32)28(18-6-7-18)36(35-27)30-34-26(15-40-30)29(37)38;/h2-5,8-11,13-15,18H,6-7,12H2,1H3,(H2,33,39)(H,37,38);1H2. The van der Waals surface area contributed by atoms with Crippen molar-refractivity contribution in [1.82, 2.24) is 14.8 Å². The Bertz CT molecular complexity index is 1830. The van der Waals surface area contributed by atoms with E-state index in [1.54, 1.807) is 28.9 Å². The number of thiol groups is 1. The summed E-state index contributed by atoms with van der Waals surface area (Å²) in [5.41, 5.74) is 5.16. The summed E-state index contributed by atoms with van der Waals surface area (Å²) in [5, 5.41) is 21.7. The Labute approximate surface area is 246 Å². The Morgan fingerprint density at radius 2 is 1.79 bits per heavy atom. The molecule has 1 aliphatic carbocycles. The Morgan fingerprint density at radius 1 is 1.07 bits per heavy atom. The molecule has 0 radical (unpaired) electrons. The van der Waals surface area contributed by atoms with Crippen molar-refractivity contribution in [2.24, 2.45) is 5.14 Å². The molecule has 216 valence electrons. The summed E-state index contributed by atoms with van der Waals surface area (Å²) in [4.78, 5) is 16.1. The first-order valence-corrected chi connectivity index (χ1v) is 15.1. The fourth-order valence-electron chi connectivity index (χ4n) is 4.89. The molecular weight excluding hydrogens is 582 g/mol. The van der Waals surface area contributed by atoms with Gasteiger partial charge in [0.1, 0.15) is 11.6 Å². The number of aromatic nitrogens is 3. The normalized spacial score (nSPS) is 13.5. The van der Waals surface area contributed by atoms with Gasteiger partial charge in [-0.3, -0.25) is 0 Å². The highest BCUT2D eigenvalue weighted by Crippen LogP contribution is 2.46. The molecule has 4 N–H and O–H groups in total. The van der Waals surface area contributed by atoms with Gasteiger partial charge in [-0.2, -0.15) is 5.10 Å². The maximum atomic E-state index is 15.2. The van der Waals surface area contributed by atoms with Crippen LogP contribution in [0.15, 0.2) is 70.9 Å². The van der Waals surface area contributed by atoms with E-state index in [1.807, 2.05) is 31.2 Å². The molecule has 0 saturated heterocycles. The van der Waals surface area contributed by atoms with Gasteiger partial charge in [-0.05, 0) is 55.2 Å². The fourth-order valence-corrected chi connectivity index (χ4v) is 6.11. The van der Waals surface area contributed by atoms with Gasteiger partial charge in [0.25, 0.3) is 0 Å². The molecular formula is C30H26F2N4O4S2. The topological polar surface area (TPSA) is 141 Å². The number of aryl methyl sites for hydroxylation is 1. The van der Waals surface area contributed by atoms with E-state index in [0.29, 0.717) is 33.1 Å². The van der Waals surface area contributed by atoms with E-state index in [1.165, 1.54) is 17.5 Å². The van der Waals surface area contributed by atoms with Crippen LogP contribution in [0.5, 0.6) is 0 Å². The SMILES string of the molecule is Cc1ccc(-c2cc(-c3nn(-c4nc(C(=O)O)cs4)c(C4CC4)c3Cc3ccc([SH+](N)=O)cc3F)ccc2F)cc1.[OH-]. The third-order valence-electron chi connectivity index (χ3n) is 7.14. The summed E-state index contributed by atoms with van der Waals surface area (Å²) in [6.07, 6.45) is 1.94. The number of aromatic carboxylic acids is 1. The second-order valence-electron chi connectivity index (χ2n) is 10.1. The molecule has 0 aliphatic heterocycles. The number of benzene rings is 3. The van der Waals surface area contributed by atoms with Crippen molar-refractivity contribution in [2.45, 2.75) is 37.0 Å². The van der Waals surface area contributed by atoms with Crippen LogP contribution >= 0.6 is 11.3 Å². The minimum Gasteiger partial charge on any atom is -0.870 e. The Kier molecular flexibility index (Phi) is 8.15. The minimum atomic E-state index is -2.19. The molecule has 1 atom stereocenters. The summed E-state index contributed by atoms with van der Waals surface area (Å²) in [6, 6.07) is 16.6. The van der Waals surface area contributed by atoms with Crippen LogP contribution in [0.1, 0.15) is 51.6 Å². The molecule has 3 aromatic carbocycles. The lowest BCUT2D eigenvalue weighted by atomic mass is 9.94. The highest BCUT2D eigenvalue weighted by molar-refractivity contribution is 7.82. The number of nitrogens with zero attached hydrogens (tertiary/aromatic N) is 3. The molecule has 6 rings (SSSR count). The van der Waals surface area contributed by atoms with Crippen LogP contribution in [0.2, 0.25) is 0 Å². The van der Waals surface area contributed by atoms with Gasteiger partial charge in [-0.25, -0.2) is 23.2 Å². The smallest absolute Gasteiger partial charge is 0.355 e. The van der Waals surface area contributed by atoms with Gasteiger partial charge in [-0.15, -0.1) is 16.5 Å². The predicted molar refractivity (Wildman–Crippen MR) is 157 cm³/mol. The summed E-state index contributed by atoms with van der Waals surface area (Å²) in [5.74, 6) is -1.95. The quantitative estimate of drug-likeness (QED) is 0.159. The van der Waals surface area contributed by atoms with Crippen LogP contribution in [0.25, 0.3) is 27.5 Å². The van der Waals surface area contributed by atoms with Crippen LogP contribution in [-0.4, -0.2) is 31.3 Å². The van der Waals surface area contributed by atoms with Crippen molar-refractivity contribution in [1.29, 1.82) is 0 Å². The van der Waals surface area contributed by atoms with Crippen molar-refractivity contribution in [3.05, 3.63) is 106 Å². The third kappa shape index (κ3) is 5.66. The van der Waals surface area contributed by atoms with E-state index in [9.17, 15) is 14.1 Å². The molecule has 0 bridgehead atoms. The maximum Gasteiger partial charge on any atom is 0.355 e. The first-order valence-electron chi connectivity index (χ1n) is 12.9. The van der Waals surface area contributed by atoms with E-state index in [-0.39, 0.29) is 34.2 Å². The number of nitrogens with two attached hydrogens (primary N) is 1. The predicted octanol–water partition coefficient (Wildman–Crippen LogP) is 6.17. The van der Waals surface area contributed by atoms with E-state index in [2.05, 4.69) is 4.98 Å². The van der Waals surface area contributed by atoms with Crippen molar-refractivity contribution in [3.63, 3.8) is 0 Å². The van der Waals surface area contributed by atoms with Crippen molar-refractivity contribution >= 4 is 28.3 Å². The van der Waals surface area contributed by atoms with Gasteiger partial charge in [-0.1, -0.05) is 40.1 Å². The van der Waals surface area contributed by atoms with Gasteiger partial charge >= 0.3 is 5.97 Å². The first-order chi connectivity index (χ1) is 19.7. The summed E-state index contributed by atoms with van der Waals surface area (Å²) in [6.45, 7) is 1.96. The largest absolute Gasteiger partial charge is 0.870 e. The molecule has 1 unspecified atom stereocenters. The highest BCUT2D eigenvalue weighted by Gasteiger charge is 2.34. The van der Waals surface area contributed by atoms with Crippen LogP contribution in [-0.2, 0) is 21.6 Å². The number of carboxylic acids is 1. The van der Waals surface area contributed by atoms with Crippen molar-refractivity contribution in [2.75, 3.05) is 0 Å². The van der Waals surface area contributed by atoms with Crippen LogP contribution in [0, 0.1) is 18.6 Å². The van der Waals surface area contributed by atoms with Crippen LogP contribution in [0.3, 0.4) is 0 Å². The Morgan fingerprint density at radius 3 is 2.40 bits per heavy atom. The van der Waals surface area contributed by atoms with Crippen LogP contribution < -0.4 is 5.14 Å². The second kappa shape index (κ2) is 11.6. The monoisotopic (exact) mass is 608 g/mol. The molecule has 2 aromatic heterocycles. The maximum absolute atomic E-state index is 15.2. The van der Waals surface area contributed by atoms with Gasteiger partial charge in [0.05, 0.1) is 11.4 Å². The molecule has 0 amide bonds. The second-order valence-corrected chi connectivity index (χ2v) is 12.1. The number of rotatable bonds is 8. The lowest BCUT2D eigenvalue weighted by Gasteiger charge is -2.10. The van der Waals surface area contributed by atoms with Gasteiger partial charge in [0.15, 0.2) is 21.6 Å². The highest BCUT2D eigenvalue weighted by atomic mass is 32.2. The number of halogens is 2. The molecule has 12 heteroatoms. The molecule has 1 aliphatic rings. The Balaban J connectivity index is 0.00000353. The summed E-state index contributed by atoms with van der Waals surface area (Å²) in [7, 11) is -2.19. The zero-order valence-electron chi connectivity index (χ0n) is 22.3. The number of hydrogen-bond acceptors (Lipinski definition) is 6. The summed E-state index contributed by atoms with van der Waals surface area (Å²) < 4.78 is 43.7. The van der Waals surface area contributed by atoms with Crippen molar-refractivity contribution < 1.29 is 28.4 Å². The average molecular weight is 609 g/mol. The number of hydrogen-bond donors (Lipinski definition) is 2. The number of carboxylic acid groups (broad SMARTS) is 1. The molecule has 1 saturated carbocycles. The molecule has 1 fully saturated rings. The number of carbonyl (C=O) groups is 1. The Hall–Kier alpha value is -4.10. The van der Waals surface area contributed by atoms with E-state index >= 15 is 8.78 Å². The van der Waals surface area contributed by atoms with Gasteiger partial charge < -0.3 is 10.6 Å². The lowest BCUT2D eigenvalue weighted by Crippen LogP contribution is -2.05. The van der Waals surface area contributed by atoms with E-state index < -0.39 is 22.8 Å². The zero-order chi connectivity index (χ0) is 28.8. The fraction of sp³-hybridized carbons (Fsp3) is 0.167. The van der Waals surface area contributed by atoms with Gasteiger partial charge in [0, 0.05) is 40.5 Å². The van der Waals surface area contributed by atoms with Gasteiger partial charge in [0.2, 0.25) is 5.13 Å². The first kappa shape index (κ1) is 29.4. The molecule has 0 spiro atoms. The zero-order valence-corrected chi connectivity index (χ0v) is 24.0. The minimum absolute atomic E-state index is 0. The lowest BCUT2D eigenvalue weighted by molar-refractivity contribution is 0.0691. The van der Waals surface area contributed by atoms with E-state index in [0.717, 1.165) is 41.0 Å². The third-order valence-corrected chi connectivity index (χ3v) is 8.74. The average Bonchev–Trinajstić information content (AvgIpc) is 3.53. The van der Waals surface area contributed by atoms with E-state index in [4.69, 9.17) is 10.2 Å². The molecule has 2 heterocycles. The molecule has 42 heavy (non-hydrogen) atoms. The summed E-state index contributed by atoms with van der Waals surface area (Å²) >= 11 is 1.15. The molecule has 8 nitrogen and oxygen atoms in total. The van der Waals surface area contributed by atoms with Crippen LogP contribution in [0.4, 0.5) is 8.78 Å². The number of thiazole rings is 1. The molecule has 5 aromatic rings.